The summed E-state index contributed by atoms with van der Waals surface area (Å²) in [5.41, 5.74) is 1.58. The minimum absolute atomic E-state index is 0.00205. The molecular weight excluding hydrogens is 442 g/mol. The highest BCUT2D eigenvalue weighted by Gasteiger charge is 2.34. The van der Waals surface area contributed by atoms with Crippen molar-refractivity contribution in [3.63, 3.8) is 0 Å². The summed E-state index contributed by atoms with van der Waals surface area (Å²) >= 11 is 0. The normalized spacial score (nSPS) is 13.1. The third-order valence-corrected chi connectivity index (χ3v) is 5.29. The molecule has 3 rings (SSSR count). The molecule has 0 saturated heterocycles. The van der Waals surface area contributed by atoms with Crippen LogP contribution in [-0.2, 0) is 20.9 Å². The van der Waals surface area contributed by atoms with Crippen molar-refractivity contribution in [2.75, 3.05) is 46.3 Å². The zero-order valence-electron chi connectivity index (χ0n) is 19.2. The molecule has 0 saturated carbocycles. The molecule has 0 spiro atoms. The summed E-state index contributed by atoms with van der Waals surface area (Å²) < 4.78 is 15.3. The van der Waals surface area contributed by atoms with Gasteiger partial charge < -0.3 is 34.9 Å². The topological polar surface area (TPSA) is 126 Å². The van der Waals surface area contributed by atoms with Crippen LogP contribution in [0.1, 0.15) is 15.9 Å². The smallest absolute Gasteiger partial charge is 0.337 e. The van der Waals surface area contributed by atoms with Crippen molar-refractivity contribution in [1.82, 2.24) is 10.2 Å². The van der Waals surface area contributed by atoms with Gasteiger partial charge in [-0.05, 0) is 29.8 Å². The van der Waals surface area contributed by atoms with Gasteiger partial charge in [-0.2, -0.15) is 0 Å². The van der Waals surface area contributed by atoms with Crippen molar-refractivity contribution < 1.29 is 33.7 Å². The van der Waals surface area contributed by atoms with Gasteiger partial charge in [0.1, 0.15) is 5.70 Å². The number of benzene rings is 2. The van der Waals surface area contributed by atoms with E-state index in [1.54, 1.807) is 43.5 Å². The first-order chi connectivity index (χ1) is 16.4. The SMILES string of the molecule is COC(=O)C1=C(Nc2ccccc2C(=O)NCc2ccc(OC)c(OC)c2)C(=O)N(CCO)C1. The number of methoxy groups -OCH3 is 3. The van der Waals surface area contributed by atoms with Crippen LogP contribution in [0.3, 0.4) is 0 Å². The van der Waals surface area contributed by atoms with Crippen LogP contribution in [0.15, 0.2) is 53.7 Å². The number of carbonyl (C=O) groups excluding carboxylic acids is 3. The summed E-state index contributed by atoms with van der Waals surface area (Å²) in [6, 6.07) is 12.0. The van der Waals surface area contributed by atoms with Crippen LogP contribution in [0, 0.1) is 0 Å². The maximum absolute atomic E-state index is 13.0. The van der Waals surface area contributed by atoms with Crippen molar-refractivity contribution >= 4 is 23.5 Å². The predicted molar refractivity (Wildman–Crippen MR) is 123 cm³/mol. The Morgan fingerprint density at radius 3 is 2.47 bits per heavy atom. The van der Waals surface area contributed by atoms with Gasteiger partial charge in [-0.15, -0.1) is 0 Å². The number of ether oxygens (including phenoxy) is 3. The molecule has 180 valence electrons. The molecule has 0 unspecified atom stereocenters. The molecule has 0 aliphatic carbocycles. The minimum Gasteiger partial charge on any atom is -0.493 e. The number of amides is 2. The first-order valence-electron chi connectivity index (χ1n) is 10.5. The van der Waals surface area contributed by atoms with Gasteiger partial charge in [0.2, 0.25) is 0 Å². The van der Waals surface area contributed by atoms with Crippen LogP contribution in [0.5, 0.6) is 11.5 Å². The molecule has 0 fully saturated rings. The molecule has 2 amide bonds. The van der Waals surface area contributed by atoms with E-state index >= 15 is 0 Å². The number of nitrogens with zero attached hydrogens (tertiary/aromatic N) is 1. The van der Waals surface area contributed by atoms with Crippen LogP contribution in [0.2, 0.25) is 0 Å². The Kier molecular flexibility index (Phi) is 8.10. The molecule has 2 aromatic carbocycles. The number of hydrogen-bond donors (Lipinski definition) is 3. The predicted octanol–water partition coefficient (Wildman–Crippen LogP) is 1.31. The first-order valence-corrected chi connectivity index (χ1v) is 10.5. The Hall–Kier alpha value is -4.05. The number of para-hydroxylation sites is 1. The van der Waals surface area contributed by atoms with Crippen LogP contribution in [0.4, 0.5) is 5.69 Å². The number of anilines is 1. The summed E-state index contributed by atoms with van der Waals surface area (Å²) in [6.07, 6.45) is 0. The van der Waals surface area contributed by atoms with Crippen molar-refractivity contribution in [3.05, 3.63) is 64.9 Å². The van der Waals surface area contributed by atoms with Gasteiger partial charge in [-0.3, -0.25) is 9.59 Å². The molecule has 10 nitrogen and oxygen atoms in total. The molecule has 3 N–H and O–H groups in total. The van der Waals surface area contributed by atoms with E-state index < -0.39 is 11.9 Å². The highest BCUT2D eigenvalue weighted by atomic mass is 16.5. The second-order valence-corrected chi connectivity index (χ2v) is 7.34. The number of carbonyl (C=O) groups is 3. The Morgan fingerprint density at radius 2 is 1.79 bits per heavy atom. The van der Waals surface area contributed by atoms with Crippen LogP contribution in [0.25, 0.3) is 0 Å². The van der Waals surface area contributed by atoms with Gasteiger partial charge in [0.25, 0.3) is 11.8 Å². The lowest BCUT2D eigenvalue weighted by Gasteiger charge is -2.16. The van der Waals surface area contributed by atoms with Gasteiger partial charge in [-0.1, -0.05) is 18.2 Å². The molecule has 2 aromatic rings. The summed E-state index contributed by atoms with van der Waals surface area (Å²) in [5.74, 6) is -0.374. The lowest BCUT2D eigenvalue weighted by atomic mass is 10.1. The summed E-state index contributed by atoms with van der Waals surface area (Å²) in [4.78, 5) is 39.3. The van der Waals surface area contributed by atoms with E-state index in [1.807, 2.05) is 6.07 Å². The fourth-order valence-electron chi connectivity index (χ4n) is 3.54. The maximum atomic E-state index is 13.0. The first kappa shape index (κ1) is 24.6. The molecular formula is C24H27N3O7. The molecule has 1 heterocycles. The number of rotatable bonds is 10. The minimum atomic E-state index is -0.660. The van der Waals surface area contributed by atoms with Crippen LogP contribution in [-0.4, -0.2) is 68.8 Å². The molecule has 10 heteroatoms. The lowest BCUT2D eigenvalue weighted by Crippen LogP contribution is -2.31. The molecule has 0 aromatic heterocycles. The standard InChI is InChI=1S/C24H27N3O7/c1-32-19-9-8-15(12-20(19)33-2)13-25-22(29)16-6-4-5-7-18(16)26-21-17(24(31)34-3)14-27(10-11-28)23(21)30/h4-9,12,26,28H,10-11,13-14H2,1-3H3,(H,25,29). The van der Waals surface area contributed by atoms with E-state index in [0.29, 0.717) is 17.2 Å². The average Bonchev–Trinajstić information content (AvgIpc) is 3.17. The fourth-order valence-corrected chi connectivity index (χ4v) is 3.54. The van der Waals surface area contributed by atoms with Gasteiger partial charge in [0, 0.05) is 13.1 Å². The van der Waals surface area contributed by atoms with Gasteiger partial charge in [0.05, 0.1) is 51.3 Å². The lowest BCUT2D eigenvalue weighted by molar-refractivity contribution is -0.136. The molecule has 0 atom stereocenters. The molecule has 0 radical (unpaired) electrons. The Balaban J connectivity index is 1.80. The highest BCUT2D eigenvalue weighted by Crippen LogP contribution is 2.28. The quantitative estimate of drug-likeness (QED) is 0.445. The van der Waals surface area contributed by atoms with Crippen molar-refractivity contribution in [2.45, 2.75) is 6.54 Å². The molecule has 1 aliphatic rings. The zero-order chi connectivity index (χ0) is 24.7. The zero-order valence-corrected chi connectivity index (χ0v) is 19.2. The second-order valence-electron chi connectivity index (χ2n) is 7.34. The van der Waals surface area contributed by atoms with E-state index in [9.17, 15) is 19.5 Å². The molecule has 34 heavy (non-hydrogen) atoms. The Morgan fingerprint density at radius 1 is 1.06 bits per heavy atom. The van der Waals surface area contributed by atoms with Gasteiger partial charge >= 0.3 is 5.97 Å². The summed E-state index contributed by atoms with van der Waals surface area (Å²) in [5, 5.41) is 15.0. The van der Waals surface area contributed by atoms with E-state index in [1.165, 1.54) is 19.1 Å². The number of β-amino-alcohol motifs (C(OH)–C–C–N with tert-alkyl or cyclic N) is 1. The largest absolute Gasteiger partial charge is 0.493 e. The Labute approximate surface area is 197 Å². The summed E-state index contributed by atoms with van der Waals surface area (Å²) in [7, 11) is 4.30. The molecule has 1 aliphatic heterocycles. The van der Waals surface area contributed by atoms with Crippen LogP contribution < -0.4 is 20.1 Å². The van der Waals surface area contributed by atoms with Crippen molar-refractivity contribution in [1.29, 1.82) is 0 Å². The third-order valence-electron chi connectivity index (χ3n) is 5.29. The number of aliphatic hydroxyl groups is 1. The maximum Gasteiger partial charge on any atom is 0.337 e. The Bertz CT molecular complexity index is 1110. The highest BCUT2D eigenvalue weighted by molar-refractivity contribution is 6.09. The van der Waals surface area contributed by atoms with Crippen molar-refractivity contribution in [3.8, 4) is 11.5 Å². The van der Waals surface area contributed by atoms with Crippen molar-refractivity contribution in [2.24, 2.45) is 0 Å². The van der Waals surface area contributed by atoms with E-state index in [0.717, 1.165) is 5.56 Å². The van der Waals surface area contributed by atoms with E-state index in [-0.39, 0.29) is 49.0 Å². The second kappa shape index (κ2) is 11.2. The summed E-state index contributed by atoms with van der Waals surface area (Å²) in [6.45, 7) is 0.0511. The van der Waals surface area contributed by atoms with E-state index in [2.05, 4.69) is 10.6 Å². The van der Waals surface area contributed by atoms with Gasteiger partial charge in [-0.25, -0.2) is 4.79 Å². The van der Waals surface area contributed by atoms with Crippen LogP contribution >= 0.6 is 0 Å². The number of nitrogens with one attached hydrogen (secondary N) is 2. The fraction of sp³-hybridized carbons (Fsp3) is 0.292. The number of esters is 1. The number of aliphatic hydroxyl groups excluding tert-OH is 1. The monoisotopic (exact) mass is 469 g/mol. The third kappa shape index (κ3) is 5.29. The molecule has 0 bridgehead atoms. The average molecular weight is 469 g/mol. The van der Waals surface area contributed by atoms with E-state index in [4.69, 9.17) is 14.2 Å². The van der Waals surface area contributed by atoms with Gasteiger partial charge in [0.15, 0.2) is 11.5 Å². The number of hydrogen-bond acceptors (Lipinski definition) is 8.